The van der Waals surface area contributed by atoms with E-state index in [2.05, 4.69) is 10.1 Å². The van der Waals surface area contributed by atoms with Crippen LogP contribution in [0.4, 0.5) is 0 Å². The zero-order valence-electron chi connectivity index (χ0n) is 13.6. The van der Waals surface area contributed by atoms with Crippen LogP contribution in [0.25, 0.3) is 0 Å². The largest absolute Gasteiger partial charge is 0.505 e. The van der Waals surface area contributed by atoms with Crippen molar-refractivity contribution in [1.82, 2.24) is 9.40 Å². The van der Waals surface area contributed by atoms with Gasteiger partial charge in [0.25, 0.3) is 10.0 Å². The molecule has 8 heteroatoms. The van der Waals surface area contributed by atoms with Crippen LogP contribution in [0.3, 0.4) is 0 Å². The van der Waals surface area contributed by atoms with Gasteiger partial charge in [-0.1, -0.05) is 17.7 Å². The molecule has 2 aromatic rings. The monoisotopic (exact) mass is 349 g/mol. The average Bonchev–Trinajstić information content (AvgIpc) is 2.56. The molecule has 0 aliphatic heterocycles. The van der Waals surface area contributed by atoms with E-state index in [4.69, 9.17) is 0 Å². The molecule has 128 valence electrons. The fourth-order valence-electron chi connectivity index (χ4n) is 1.99. The number of aliphatic hydroxyl groups is 1. The van der Waals surface area contributed by atoms with Crippen LogP contribution in [0.1, 0.15) is 22.4 Å². The molecule has 7 nitrogen and oxygen atoms in total. The molecular formula is C16H19N3O4S. The Morgan fingerprint density at radius 1 is 1.25 bits per heavy atom. The van der Waals surface area contributed by atoms with Crippen molar-refractivity contribution in [3.63, 3.8) is 0 Å². The molecule has 0 bridgehead atoms. The van der Waals surface area contributed by atoms with Gasteiger partial charge in [-0.25, -0.2) is 0 Å². The first-order valence-electron chi connectivity index (χ1n) is 7.15. The molecule has 0 spiro atoms. The van der Waals surface area contributed by atoms with Crippen molar-refractivity contribution in [2.24, 2.45) is 5.10 Å². The summed E-state index contributed by atoms with van der Waals surface area (Å²) in [6, 6.07) is 6.41. The average molecular weight is 349 g/mol. The van der Waals surface area contributed by atoms with Crippen LogP contribution in [0.15, 0.2) is 40.5 Å². The summed E-state index contributed by atoms with van der Waals surface area (Å²) in [5, 5.41) is 23.3. The molecule has 2 rings (SSSR count). The molecule has 0 saturated heterocycles. The summed E-state index contributed by atoms with van der Waals surface area (Å²) in [4.78, 5) is 4.05. The minimum Gasteiger partial charge on any atom is -0.505 e. The number of aryl methyl sites for hydroxylation is 2. The number of sulfonamides is 1. The minimum atomic E-state index is -3.79. The predicted molar refractivity (Wildman–Crippen MR) is 90.3 cm³/mol. The second-order valence-corrected chi connectivity index (χ2v) is 7.24. The normalized spacial score (nSPS) is 11.8. The Morgan fingerprint density at radius 2 is 1.88 bits per heavy atom. The zero-order valence-corrected chi connectivity index (χ0v) is 14.4. The minimum absolute atomic E-state index is 0.116. The first-order valence-corrected chi connectivity index (χ1v) is 8.59. The van der Waals surface area contributed by atoms with E-state index in [9.17, 15) is 18.6 Å². The lowest BCUT2D eigenvalue weighted by atomic mass is 10.1. The first kappa shape index (κ1) is 17.9. The summed E-state index contributed by atoms with van der Waals surface area (Å²) in [6.45, 7) is 3.11. The fourth-order valence-corrected chi connectivity index (χ4v) is 2.94. The molecule has 0 atom stereocenters. The maximum Gasteiger partial charge on any atom is 0.278 e. The van der Waals surface area contributed by atoms with E-state index in [1.165, 1.54) is 31.6 Å². The highest BCUT2D eigenvalue weighted by Gasteiger charge is 2.19. The Bertz CT molecular complexity index is 862. The Hall–Kier alpha value is -2.45. The molecule has 1 aromatic carbocycles. The summed E-state index contributed by atoms with van der Waals surface area (Å²) in [5.41, 5.74) is 1.89. The molecule has 0 aliphatic carbocycles. The van der Waals surface area contributed by atoms with Crippen molar-refractivity contribution in [3.05, 3.63) is 52.8 Å². The van der Waals surface area contributed by atoms with E-state index in [1.807, 2.05) is 6.92 Å². The van der Waals surface area contributed by atoms with Crippen molar-refractivity contribution in [2.75, 3.05) is 7.05 Å². The molecule has 24 heavy (non-hydrogen) atoms. The third kappa shape index (κ3) is 3.55. The SMILES string of the molecule is Cc1ccc(S(=O)(=O)N(C)N=Cc2c(CO)cnc(C)c2O)cc1. The van der Waals surface area contributed by atoms with E-state index in [0.29, 0.717) is 11.3 Å². The van der Waals surface area contributed by atoms with Gasteiger partial charge in [0.05, 0.1) is 23.4 Å². The van der Waals surface area contributed by atoms with Crippen LogP contribution >= 0.6 is 0 Å². The van der Waals surface area contributed by atoms with E-state index in [-0.39, 0.29) is 22.8 Å². The molecule has 0 saturated carbocycles. The van der Waals surface area contributed by atoms with E-state index >= 15 is 0 Å². The standard InChI is InChI=1S/C16H19N3O4S/c1-11-4-6-14(7-5-11)24(22,23)19(3)18-9-15-13(10-20)8-17-12(2)16(15)21/h4-9,20-21H,10H2,1-3H3. The van der Waals surface area contributed by atoms with Gasteiger partial charge in [0, 0.05) is 24.4 Å². The van der Waals surface area contributed by atoms with Crippen LogP contribution < -0.4 is 0 Å². The van der Waals surface area contributed by atoms with Gasteiger partial charge < -0.3 is 10.2 Å². The van der Waals surface area contributed by atoms with Gasteiger partial charge in [0.15, 0.2) is 0 Å². The molecule has 0 unspecified atom stereocenters. The number of benzene rings is 1. The van der Waals surface area contributed by atoms with Crippen molar-refractivity contribution < 1.29 is 18.6 Å². The van der Waals surface area contributed by atoms with Crippen LogP contribution in [0, 0.1) is 13.8 Å². The van der Waals surface area contributed by atoms with Gasteiger partial charge in [0.2, 0.25) is 0 Å². The summed E-state index contributed by atoms with van der Waals surface area (Å²) in [5.74, 6) is -0.147. The van der Waals surface area contributed by atoms with E-state index < -0.39 is 10.0 Å². The summed E-state index contributed by atoms with van der Waals surface area (Å²) < 4.78 is 25.7. The lowest BCUT2D eigenvalue weighted by molar-refractivity contribution is 0.280. The maximum atomic E-state index is 12.5. The van der Waals surface area contributed by atoms with Gasteiger partial charge in [-0.2, -0.15) is 17.9 Å². The smallest absolute Gasteiger partial charge is 0.278 e. The van der Waals surface area contributed by atoms with Crippen molar-refractivity contribution in [1.29, 1.82) is 0 Å². The number of hydrogen-bond donors (Lipinski definition) is 2. The number of aromatic nitrogens is 1. The molecule has 1 aromatic heterocycles. The number of aromatic hydroxyl groups is 1. The molecular weight excluding hydrogens is 330 g/mol. The number of pyridine rings is 1. The Balaban J connectivity index is 2.35. The van der Waals surface area contributed by atoms with Crippen LogP contribution in [-0.2, 0) is 16.6 Å². The fraction of sp³-hybridized carbons (Fsp3) is 0.250. The number of hydrogen-bond acceptors (Lipinski definition) is 6. The Morgan fingerprint density at radius 3 is 2.46 bits per heavy atom. The van der Waals surface area contributed by atoms with Gasteiger partial charge in [-0.3, -0.25) is 4.98 Å². The van der Waals surface area contributed by atoms with Crippen molar-refractivity contribution in [3.8, 4) is 5.75 Å². The lowest BCUT2D eigenvalue weighted by Crippen LogP contribution is -2.22. The number of nitrogens with zero attached hydrogens (tertiary/aromatic N) is 3. The zero-order chi connectivity index (χ0) is 17.9. The summed E-state index contributed by atoms with van der Waals surface area (Å²) in [6.07, 6.45) is 2.60. The number of rotatable bonds is 5. The van der Waals surface area contributed by atoms with E-state index in [0.717, 1.165) is 9.98 Å². The second kappa shape index (κ2) is 6.98. The molecule has 1 heterocycles. The molecule has 0 fully saturated rings. The highest BCUT2D eigenvalue weighted by atomic mass is 32.2. The Labute approximate surface area is 141 Å². The first-order chi connectivity index (χ1) is 11.3. The summed E-state index contributed by atoms with van der Waals surface area (Å²) >= 11 is 0. The topological polar surface area (TPSA) is 103 Å². The molecule has 0 aliphatic rings. The highest BCUT2D eigenvalue weighted by molar-refractivity contribution is 7.89. The third-order valence-electron chi connectivity index (χ3n) is 3.54. The molecule has 0 amide bonds. The third-order valence-corrected chi connectivity index (χ3v) is 5.20. The predicted octanol–water partition coefficient (Wildman–Crippen LogP) is 1.55. The van der Waals surface area contributed by atoms with Crippen LogP contribution in [-0.4, -0.2) is 41.3 Å². The molecule has 2 N–H and O–H groups in total. The highest BCUT2D eigenvalue weighted by Crippen LogP contribution is 2.22. The molecule has 0 radical (unpaired) electrons. The van der Waals surface area contributed by atoms with Gasteiger partial charge in [-0.15, -0.1) is 0 Å². The van der Waals surface area contributed by atoms with Gasteiger partial charge in [-0.05, 0) is 26.0 Å². The number of hydrazone groups is 1. The van der Waals surface area contributed by atoms with Crippen LogP contribution in [0.5, 0.6) is 5.75 Å². The van der Waals surface area contributed by atoms with Gasteiger partial charge >= 0.3 is 0 Å². The number of aliphatic hydroxyl groups excluding tert-OH is 1. The van der Waals surface area contributed by atoms with Crippen molar-refractivity contribution >= 4 is 16.2 Å². The van der Waals surface area contributed by atoms with Crippen molar-refractivity contribution in [2.45, 2.75) is 25.3 Å². The summed E-state index contributed by atoms with van der Waals surface area (Å²) in [7, 11) is -2.49. The quantitative estimate of drug-likeness (QED) is 0.630. The van der Waals surface area contributed by atoms with Gasteiger partial charge in [0.1, 0.15) is 5.75 Å². The van der Waals surface area contributed by atoms with Crippen LogP contribution in [0.2, 0.25) is 0 Å². The lowest BCUT2D eigenvalue weighted by Gasteiger charge is -2.14. The van der Waals surface area contributed by atoms with E-state index in [1.54, 1.807) is 19.1 Å². The maximum absolute atomic E-state index is 12.5. The second-order valence-electron chi connectivity index (χ2n) is 5.29. The Kier molecular flexibility index (Phi) is 5.20.